The molecule has 0 saturated carbocycles. The molecule has 38 heavy (non-hydrogen) atoms. The number of rotatable bonds is 6. The number of alkyl halides is 3. The van der Waals surface area contributed by atoms with Crippen LogP contribution in [0.15, 0.2) is 42.7 Å². The molecule has 4 aromatic rings. The third kappa shape index (κ3) is 4.48. The van der Waals surface area contributed by atoms with Gasteiger partial charge in [-0.15, -0.1) is 0 Å². The van der Waals surface area contributed by atoms with Gasteiger partial charge in [0.25, 0.3) is 0 Å². The SMILES string of the molecule is CCn1cc(C(F)(F)F)nc1-c1ccc([C@H](C)N2C(=O)CCn3nc(-c4c(Cl)cnn4C(C)C)cc32)cc1. The van der Waals surface area contributed by atoms with E-state index in [4.69, 9.17) is 16.7 Å². The van der Waals surface area contributed by atoms with Crippen molar-refractivity contribution in [3.63, 3.8) is 0 Å². The smallest absolute Gasteiger partial charge is 0.331 e. The molecule has 0 bridgehead atoms. The van der Waals surface area contributed by atoms with Crippen molar-refractivity contribution >= 4 is 23.3 Å². The van der Waals surface area contributed by atoms with E-state index in [-0.39, 0.29) is 23.8 Å². The highest BCUT2D eigenvalue weighted by atomic mass is 35.5. The Labute approximate surface area is 222 Å². The molecule has 200 valence electrons. The van der Waals surface area contributed by atoms with E-state index in [1.54, 1.807) is 39.5 Å². The number of benzene rings is 1. The van der Waals surface area contributed by atoms with E-state index in [1.165, 1.54) is 4.57 Å². The van der Waals surface area contributed by atoms with E-state index in [0.29, 0.717) is 47.3 Å². The molecule has 0 fully saturated rings. The van der Waals surface area contributed by atoms with Gasteiger partial charge in [0.05, 0.1) is 23.8 Å². The van der Waals surface area contributed by atoms with Gasteiger partial charge >= 0.3 is 6.18 Å². The van der Waals surface area contributed by atoms with Crippen LogP contribution in [0.5, 0.6) is 0 Å². The number of imidazole rings is 1. The molecule has 1 amide bonds. The van der Waals surface area contributed by atoms with Crippen molar-refractivity contribution in [3.05, 3.63) is 59.0 Å². The van der Waals surface area contributed by atoms with Crippen LogP contribution in [-0.2, 0) is 24.1 Å². The van der Waals surface area contributed by atoms with E-state index in [2.05, 4.69) is 10.1 Å². The lowest BCUT2D eigenvalue weighted by Gasteiger charge is -2.33. The predicted octanol–water partition coefficient (Wildman–Crippen LogP) is 6.38. The molecular weight excluding hydrogens is 519 g/mol. The van der Waals surface area contributed by atoms with Crippen LogP contribution in [0.4, 0.5) is 19.0 Å². The van der Waals surface area contributed by atoms with E-state index in [1.807, 2.05) is 39.0 Å². The second kappa shape index (κ2) is 9.61. The van der Waals surface area contributed by atoms with Gasteiger partial charge in [0.1, 0.15) is 23.0 Å². The standard InChI is InChI=1S/C26H27ClF3N7O/c1-5-34-14-21(26(28,29)30)32-25(34)18-8-6-17(7-9-18)16(4)36-22-12-20(33-35(22)11-10-23(36)38)24-19(27)13-31-37(24)15(2)3/h6-9,12-16H,5,10-11H2,1-4H3/t16-/m0/s1. The Bertz CT molecular complexity index is 1480. The molecule has 5 rings (SSSR count). The normalized spacial score (nSPS) is 14.9. The minimum atomic E-state index is -4.52. The van der Waals surface area contributed by atoms with Crippen LogP contribution in [0.1, 0.15) is 57.5 Å². The van der Waals surface area contributed by atoms with Gasteiger partial charge in [-0.25, -0.2) is 9.67 Å². The maximum absolute atomic E-state index is 13.2. The largest absolute Gasteiger partial charge is 0.434 e. The minimum absolute atomic E-state index is 0.0414. The summed E-state index contributed by atoms with van der Waals surface area (Å²) in [5, 5.41) is 9.57. The number of hydrogen-bond acceptors (Lipinski definition) is 4. The van der Waals surface area contributed by atoms with Gasteiger partial charge in [-0.05, 0) is 33.3 Å². The van der Waals surface area contributed by atoms with Crippen LogP contribution >= 0.6 is 11.6 Å². The Morgan fingerprint density at radius 2 is 1.84 bits per heavy atom. The summed E-state index contributed by atoms with van der Waals surface area (Å²) in [5.74, 6) is 0.853. The van der Waals surface area contributed by atoms with Crippen LogP contribution in [0.3, 0.4) is 0 Å². The van der Waals surface area contributed by atoms with Crippen molar-refractivity contribution in [1.82, 2.24) is 29.1 Å². The molecule has 0 radical (unpaired) electrons. The molecule has 1 aromatic carbocycles. The number of halogens is 4. The summed E-state index contributed by atoms with van der Waals surface area (Å²) in [4.78, 5) is 18.6. The van der Waals surface area contributed by atoms with Gasteiger partial charge < -0.3 is 4.57 Å². The lowest BCUT2D eigenvalue weighted by molar-refractivity contribution is -0.140. The molecule has 0 N–H and O–H groups in total. The summed E-state index contributed by atoms with van der Waals surface area (Å²) in [6.07, 6.45) is -1.61. The quantitative estimate of drug-likeness (QED) is 0.282. The van der Waals surface area contributed by atoms with Gasteiger partial charge in [-0.2, -0.15) is 23.4 Å². The number of anilines is 1. The molecule has 0 saturated heterocycles. The molecule has 1 atom stereocenters. The molecule has 0 spiro atoms. The summed E-state index contributed by atoms with van der Waals surface area (Å²) in [6.45, 7) is 8.48. The first-order chi connectivity index (χ1) is 18.0. The van der Waals surface area contributed by atoms with Crippen LogP contribution in [0.25, 0.3) is 22.8 Å². The highest BCUT2D eigenvalue weighted by Crippen LogP contribution is 2.37. The molecule has 0 unspecified atom stereocenters. The van der Waals surface area contributed by atoms with Crippen molar-refractivity contribution in [2.45, 2.75) is 65.5 Å². The Morgan fingerprint density at radius 3 is 2.47 bits per heavy atom. The molecule has 0 aliphatic carbocycles. The average Bonchev–Trinajstić information content (AvgIpc) is 3.59. The van der Waals surface area contributed by atoms with Gasteiger partial charge in [0.15, 0.2) is 5.69 Å². The summed E-state index contributed by atoms with van der Waals surface area (Å²) < 4.78 is 44.7. The zero-order valence-corrected chi connectivity index (χ0v) is 22.1. The topological polar surface area (TPSA) is 73.8 Å². The maximum Gasteiger partial charge on any atom is 0.434 e. The number of nitrogens with zero attached hydrogens (tertiary/aromatic N) is 7. The molecular formula is C26H27ClF3N7O. The average molecular weight is 546 g/mol. The van der Waals surface area contributed by atoms with Crippen LogP contribution < -0.4 is 4.90 Å². The van der Waals surface area contributed by atoms with E-state index < -0.39 is 11.9 Å². The fraction of sp³-hybridized carbons (Fsp3) is 0.385. The number of carbonyl (C=O) groups excluding carboxylic acids is 1. The highest BCUT2D eigenvalue weighted by molar-refractivity contribution is 6.33. The summed E-state index contributed by atoms with van der Waals surface area (Å²) >= 11 is 6.44. The molecule has 12 heteroatoms. The number of aromatic nitrogens is 6. The van der Waals surface area contributed by atoms with E-state index in [9.17, 15) is 18.0 Å². The molecule has 1 aliphatic heterocycles. The summed E-state index contributed by atoms with van der Waals surface area (Å²) in [6, 6.07) is 8.67. The summed E-state index contributed by atoms with van der Waals surface area (Å²) in [7, 11) is 0. The maximum atomic E-state index is 13.2. The fourth-order valence-electron chi connectivity index (χ4n) is 4.80. The second-order valence-electron chi connectivity index (χ2n) is 9.54. The van der Waals surface area contributed by atoms with E-state index >= 15 is 0 Å². The lowest BCUT2D eigenvalue weighted by atomic mass is 10.0. The third-order valence-corrected chi connectivity index (χ3v) is 7.02. The molecule has 3 aromatic heterocycles. The zero-order chi connectivity index (χ0) is 27.4. The third-order valence-electron chi connectivity index (χ3n) is 6.74. The number of amides is 1. The fourth-order valence-corrected chi connectivity index (χ4v) is 5.03. The number of hydrogen-bond donors (Lipinski definition) is 0. The van der Waals surface area contributed by atoms with Crippen molar-refractivity contribution < 1.29 is 18.0 Å². The minimum Gasteiger partial charge on any atom is -0.331 e. The van der Waals surface area contributed by atoms with Gasteiger partial charge in [0, 0.05) is 36.8 Å². The summed E-state index contributed by atoms with van der Waals surface area (Å²) in [5.41, 5.74) is 1.79. The first kappa shape index (κ1) is 26.0. The zero-order valence-electron chi connectivity index (χ0n) is 21.4. The Morgan fingerprint density at radius 1 is 1.13 bits per heavy atom. The van der Waals surface area contributed by atoms with Crippen molar-refractivity contribution in [2.24, 2.45) is 0 Å². The van der Waals surface area contributed by atoms with Gasteiger partial charge in [0.2, 0.25) is 5.91 Å². The molecule has 1 aliphatic rings. The Hall–Kier alpha value is -3.60. The monoisotopic (exact) mass is 545 g/mol. The van der Waals surface area contributed by atoms with E-state index in [0.717, 1.165) is 11.8 Å². The first-order valence-corrected chi connectivity index (χ1v) is 12.7. The van der Waals surface area contributed by atoms with Crippen molar-refractivity contribution in [2.75, 3.05) is 4.90 Å². The molecule has 8 nitrogen and oxygen atoms in total. The van der Waals surface area contributed by atoms with Crippen LogP contribution in [0, 0.1) is 0 Å². The van der Waals surface area contributed by atoms with Crippen LogP contribution in [-0.4, -0.2) is 35.0 Å². The van der Waals surface area contributed by atoms with Crippen LogP contribution in [0.2, 0.25) is 5.02 Å². The number of carbonyl (C=O) groups is 1. The Kier molecular flexibility index (Phi) is 6.58. The predicted molar refractivity (Wildman–Crippen MR) is 138 cm³/mol. The number of fused-ring (bicyclic) bond motifs is 1. The Balaban J connectivity index is 1.47. The first-order valence-electron chi connectivity index (χ1n) is 12.4. The molecule has 4 heterocycles. The van der Waals surface area contributed by atoms with Gasteiger partial charge in [-0.3, -0.25) is 14.4 Å². The van der Waals surface area contributed by atoms with Crippen molar-refractivity contribution in [3.8, 4) is 22.8 Å². The van der Waals surface area contributed by atoms with Crippen molar-refractivity contribution in [1.29, 1.82) is 0 Å². The lowest BCUT2D eigenvalue weighted by Crippen LogP contribution is -2.39. The number of aryl methyl sites for hydroxylation is 2. The second-order valence-corrected chi connectivity index (χ2v) is 9.94. The highest BCUT2D eigenvalue weighted by Gasteiger charge is 2.35. The van der Waals surface area contributed by atoms with Gasteiger partial charge in [-0.1, -0.05) is 35.9 Å².